The molecule has 1 nitrogen and oxygen atoms in total. The van der Waals surface area contributed by atoms with Gasteiger partial charge in [-0.15, -0.1) is 0 Å². The van der Waals surface area contributed by atoms with Crippen LogP contribution < -0.4 is 0 Å². The number of hydrogen-bond acceptors (Lipinski definition) is 1. The van der Waals surface area contributed by atoms with Gasteiger partial charge < -0.3 is 0 Å². The molecule has 0 aromatic heterocycles. The van der Waals surface area contributed by atoms with Crippen LogP contribution in [0.5, 0.6) is 0 Å². The molecule has 0 aliphatic heterocycles. The van der Waals surface area contributed by atoms with E-state index in [9.17, 15) is 4.79 Å². The van der Waals surface area contributed by atoms with Crippen molar-refractivity contribution in [1.82, 2.24) is 0 Å². The topological polar surface area (TPSA) is 17.1 Å². The van der Waals surface area contributed by atoms with Gasteiger partial charge in [0.25, 0.3) is 0 Å². The predicted molar refractivity (Wildman–Crippen MR) is 68.6 cm³/mol. The summed E-state index contributed by atoms with van der Waals surface area (Å²) in [7, 11) is 0. The van der Waals surface area contributed by atoms with Gasteiger partial charge in [0.15, 0.2) is 5.78 Å². The monoisotopic (exact) mass is 272 g/mol. The van der Waals surface area contributed by atoms with Gasteiger partial charge in [0, 0.05) is 10.0 Å². The standard InChI is InChI=1S/C14H9BrO/c1-8(16)9-2-4-11-12-5-3-10(15)7-14(12)13(11)6-9/h2-7H,1H3. The zero-order chi connectivity index (χ0) is 11.3. The zero-order valence-electron chi connectivity index (χ0n) is 8.75. The Morgan fingerprint density at radius 3 is 2.25 bits per heavy atom. The van der Waals surface area contributed by atoms with Crippen molar-refractivity contribution in [2.45, 2.75) is 6.92 Å². The summed E-state index contributed by atoms with van der Waals surface area (Å²) in [5.74, 6) is 0.117. The van der Waals surface area contributed by atoms with E-state index in [0.29, 0.717) is 0 Å². The Bertz CT molecular complexity index is 614. The fourth-order valence-corrected chi connectivity index (χ4v) is 2.49. The quantitative estimate of drug-likeness (QED) is 0.604. The molecule has 3 rings (SSSR count). The Morgan fingerprint density at radius 2 is 1.56 bits per heavy atom. The summed E-state index contributed by atoms with van der Waals surface area (Å²) in [4.78, 5) is 11.3. The van der Waals surface area contributed by atoms with Gasteiger partial charge in [-0.25, -0.2) is 0 Å². The van der Waals surface area contributed by atoms with Crippen LogP contribution in [0.3, 0.4) is 0 Å². The summed E-state index contributed by atoms with van der Waals surface area (Å²) >= 11 is 3.46. The summed E-state index contributed by atoms with van der Waals surface area (Å²) in [5.41, 5.74) is 5.71. The molecule has 0 bridgehead atoms. The lowest BCUT2D eigenvalue weighted by Crippen LogP contribution is -2.01. The Balaban J connectivity index is 2.18. The van der Waals surface area contributed by atoms with Crippen LogP contribution in [0.1, 0.15) is 17.3 Å². The third-order valence-electron chi connectivity index (χ3n) is 2.99. The van der Waals surface area contributed by atoms with Crippen LogP contribution in [0.4, 0.5) is 0 Å². The minimum atomic E-state index is 0.117. The highest BCUT2D eigenvalue weighted by atomic mass is 79.9. The van der Waals surface area contributed by atoms with Crippen molar-refractivity contribution in [1.29, 1.82) is 0 Å². The van der Waals surface area contributed by atoms with Crippen molar-refractivity contribution in [2.75, 3.05) is 0 Å². The van der Waals surface area contributed by atoms with Crippen molar-refractivity contribution in [3.05, 3.63) is 46.4 Å². The van der Waals surface area contributed by atoms with E-state index in [-0.39, 0.29) is 5.78 Å². The van der Waals surface area contributed by atoms with Gasteiger partial charge >= 0.3 is 0 Å². The second-order valence-electron chi connectivity index (χ2n) is 4.01. The Hall–Kier alpha value is -1.41. The highest BCUT2D eigenvalue weighted by Gasteiger charge is 2.22. The van der Waals surface area contributed by atoms with Crippen LogP contribution >= 0.6 is 15.9 Å². The molecule has 0 atom stereocenters. The summed E-state index contributed by atoms with van der Waals surface area (Å²) in [6, 6.07) is 12.2. The molecule has 0 amide bonds. The second kappa shape index (κ2) is 3.29. The first-order valence-electron chi connectivity index (χ1n) is 5.12. The molecule has 0 saturated carbocycles. The number of halogens is 1. The molecule has 0 fully saturated rings. The summed E-state index contributed by atoms with van der Waals surface area (Å²) in [6.45, 7) is 1.60. The summed E-state index contributed by atoms with van der Waals surface area (Å²) in [5, 5.41) is 0. The first-order valence-corrected chi connectivity index (χ1v) is 5.91. The molecule has 0 heterocycles. The number of carbonyl (C=O) groups is 1. The zero-order valence-corrected chi connectivity index (χ0v) is 10.3. The van der Waals surface area contributed by atoms with Crippen molar-refractivity contribution >= 4 is 21.7 Å². The Morgan fingerprint density at radius 1 is 0.938 bits per heavy atom. The molecule has 0 saturated heterocycles. The average molecular weight is 273 g/mol. The van der Waals surface area contributed by atoms with E-state index >= 15 is 0 Å². The molecule has 2 aromatic rings. The Kier molecular flexibility index (Phi) is 2.01. The van der Waals surface area contributed by atoms with Gasteiger partial charge in [0.05, 0.1) is 0 Å². The SMILES string of the molecule is CC(=O)c1ccc2c(c1)-c1cc(Br)ccc1-2. The first kappa shape index (κ1) is 9.79. The molecule has 1 aliphatic carbocycles. The molecular formula is C14H9BrO. The number of carbonyl (C=O) groups excluding carboxylic acids is 1. The van der Waals surface area contributed by atoms with Gasteiger partial charge in [-0.2, -0.15) is 0 Å². The smallest absolute Gasteiger partial charge is 0.159 e. The van der Waals surface area contributed by atoms with E-state index in [4.69, 9.17) is 0 Å². The number of hydrogen-bond donors (Lipinski definition) is 0. The molecule has 0 spiro atoms. The molecule has 78 valence electrons. The fraction of sp³-hybridized carbons (Fsp3) is 0.0714. The maximum absolute atomic E-state index is 11.3. The fourth-order valence-electron chi connectivity index (χ4n) is 2.13. The predicted octanol–water partition coefficient (Wildman–Crippen LogP) is 4.30. The van der Waals surface area contributed by atoms with Crippen molar-refractivity contribution in [3.63, 3.8) is 0 Å². The average Bonchev–Trinajstić information content (AvgIpc) is 2.26. The van der Waals surface area contributed by atoms with Crippen LogP contribution in [0, 0.1) is 0 Å². The largest absolute Gasteiger partial charge is 0.295 e. The van der Waals surface area contributed by atoms with E-state index in [2.05, 4.69) is 28.1 Å². The number of rotatable bonds is 1. The molecule has 0 unspecified atom stereocenters. The molecule has 16 heavy (non-hydrogen) atoms. The van der Waals surface area contributed by atoms with Crippen molar-refractivity contribution in [3.8, 4) is 22.3 Å². The van der Waals surface area contributed by atoms with Crippen LogP contribution in [0.2, 0.25) is 0 Å². The van der Waals surface area contributed by atoms with Gasteiger partial charge in [-0.05, 0) is 47.4 Å². The lowest BCUT2D eigenvalue weighted by Gasteiger charge is -2.24. The lowest BCUT2D eigenvalue weighted by molar-refractivity contribution is 0.101. The van der Waals surface area contributed by atoms with Gasteiger partial charge in [-0.3, -0.25) is 4.79 Å². The van der Waals surface area contributed by atoms with Crippen LogP contribution in [0.25, 0.3) is 22.3 Å². The highest BCUT2D eigenvalue weighted by Crippen LogP contribution is 2.48. The van der Waals surface area contributed by atoms with E-state index < -0.39 is 0 Å². The summed E-state index contributed by atoms with van der Waals surface area (Å²) < 4.78 is 1.07. The molecule has 2 aromatic carbocycles. The van der Waals surface area contributed by atoms with E-state index in [1.807, 2.05) is 24.3 Å². The maximum Gasteiger partial charge on any atom is 0.159 e. The van der Waals surface area contributed by atoms with Gasteiger partial charge in [-0.1, -0.05) is 34.1 Å². The third-order valence-corrected chi connectivity index (χ3v) is 3.48. The minimum Gasteiger partial charge on any atom is -0.295 e. The van der Waals surface area contributed by atoms with Crippen LogP contribution in [0.15, 0.2) is 40.9 Å². The van der Waals surface area contributed by atoms with Crippen molar-refractivity contribution in [2.24, 2.45) is 0 Å². The minimum absolute atomic E-state index is 0.117. The second-order valence-corrected chi connectivity index (χ2v) is 4.92. The Labute approximate surface area is 102 Å². The highest BCUT2D eigenvalue weighted by molar-refractivity contribution is 9.10. The molecule has 0 radical (unpaired) electrons. The first-order chi connectivity index (χ1) is 7.66. The van der Waals surface area contributed by atoms with Crippen LogP contribution in [-0.4, -0.2) is 5.78 Å². The molecule has 1 aliphatic rings. The number of fused-ring (bicyclic) bond motifs is 4. The molecule has 2 heteroatoms. The molecule has 0 N–H and O–H groups in total. The number of benzene rings is 2. The van der Waals surface area contributed by atoms with Gasteiger partial charge in [0.2, 0.25) is 0 Å². The van der Waals surface area contributed by atoms with Crippen molar-refractivity contribution < 1.29 is 4.79 Å². The summed E-state index contributed by atoms with van der Waals surface area (Å²) in [6.07, 6.45) is 0. The molecular weight excluding hydrogens is 264 g/mol. The van der Waals surface area contributed by atoms with Gasteiger partial charge in [0.1, 0.15) is 0 Å². The third kappa shape index (κ3) is 1.26. The lowest BCUT2D eigenvalue weighted by atomic mass is 9.80. The normalized spacial score (nSPS) is 11.4. The van der Waals surface area contributed by atoms with Crippen LogP contribution in [-0.2, 0) is 0 Å². The maximum atomic E-state index is 11.3. The van der Waals surface area contributed by atoms with E-state index in [1.165, 1.54) is 22.3 Å². The van der Waals surface area contributed by atoms with E-state index in [0.717, 1.165) is 10.0 Å². The number of Topliss-reactive ketones (excluding diaryl/α,β-unsaturated/α-hetero) is 1. The number of ketones is 1. The van der Waals surface area contributed by atoms with E-state index in [1.54, 1.807) is 6.92 Å².